The zero-order chi connectivity index (χ0) is 13.1. The molecule has 18 heavy (non-hydrogen) atoms. The highest BCUT2D eigenvalue weighted by atomic mass is 32.2. The summed E-state index contributed by atoms with van der Waals surface area (Å²) in [7, 11) is 0. The Morgan fingerprint density at radius 1 is 0.833 bits per heavy atom. The SMILES string of the molecule is Fc1cc(F)c(F)c(SCc2ccccc2)c1F. The molecule has 0 bridgehead atoms. The van der Waals surface area contributed by atoms with E-state index in [0.717, 1.165) is 17.3 Å². The van der Waals surface area contributed by atoms with E-state index in [1.165, 1.54) is 0 Å². The van der Waals surface area contributed by atoms with Crippen LogP contribution >= 0.6 is 11.8 Å². The molecule has 0 saturated heterocycles. The molecule has 0 unspecified atom stereocenters. The van der Waals surface area contributed by atoms with Crippen molar-refractivity contribution in [3.05, 3.63) is 65.2 Å². The minimum atomic E-state index is -1.38. The Hall–Kier alpha value is -1.49. The van der Waals surface area contributed by atoms with Crippen molar-refractivity contribution in [2.45, 2.75) is 10.6 Å². The van der Waals surface area contributed by atoms with Gasteiger partial charge in [-0.15, -0.1) is 11.8 Å². The molecule has 0 radical (unpaired) electrons. The lowest BCUT2D eigenvalue weighted by atomic mass is 10.2. The molecule has 0 N–H and O–H groups in total. The monoisotopic (exact) mass is 272 g/mol. The third kappa shape index (κ3) is 2.67. The third-order valence-corrected chi connectivity index (χ3v) is 3.42. The van der Waals surface area contributed by atoms with Crippen LogP contribution in [-0.4, -0.2) is 0 Å². The second kappa shape index (κ2) is 5.44. The van der Waals surface area contributed by atoms with Crippen LogP contribution in [0.25, 0.3) is 0 Å². The van der Waals surface area contributed by atoms with E-state index in [1.807, 2.05) is 0 Å². The Balaban J connectivity index is 2.24. The highest BCUT2D eigenvalue weighted by Gasteiger charge is 2.19. The van der Waals surface area contributed by atoms with E-state index >= 15 is 0 Å². The van der Waals surface area contributed by atoms with Gasteiger partial charge in [0.2, 0.25) is 0 Å². The van der Waals surface area contributed by atoms with Crippen LogP contribution in [0, 0.1) is 23.3 Å². The minimum absolute atomic E-state index is 0.206. The molecule has 0 aliphatic heterocycles. The summed E-state index contributed by atoms with van der Waals surface area (Å²) in [6.45, 7) is 0. The quantitative estimate of drug-likeness (QED) is 0.449. The lowest BCUT2D eigenvalue weighted by Gasteiger charge is -2.06. The second-order valence-electron chi connectivity index (χ2n) is 3.57. The number of hydrogen-bond donors (Lipinski definition) is 0. The average molecular weight is 272 g/mol. The van der Waals surface area contributed by atoms with Crippen molar-refractivity contribution in [1.29, 1.82) is 0 Å². The molecule has 0 amide bonds. The van der Waals surface area contributed by atoms with Gasteiger partial charge in [0.25, 0.3) is 0 Å². The fourth-order valence-corrected chi connectivity index (χ4v) is 2.36. The van der Waals surface area contributed by atoms with Gasteiger partial charge in [-0.2, -0.15) is 0 Å². The molecular formula is C13H8F4S. The van der Waals surface area contributed by atoms with E-state index in [9.17, 15) is 17.6 Å². The predicted molar refractivity (Wildman–Crippen MR) is 62.3 cm³/mol. The lowest BCUT2D eigenvalue weighted by Crippen LogP contribution is -1.97. The maximum absolute atomic E-state index is 13.3. The van der Waals surface area contributed by atoms with Gasteiger partial charge in [-0.25, -0.2) is 17.6 Å². The first kappa shape index (κ1) is 13.0. The predicted octanol–water partition coefficient (Wildman–Crippen LogP) is 4.54. The summed E-state index contributed by atoms with van der Waals surface area (Å²) in [6, 6.07) is 9.08. The third-order valence-electron chi connectivity index (χ3n) is 2.30. The summed E-state index contributed by atoms with van der Waals surface area (Å²) in [5.41, 5.74) is 0.811. The number of benzene rings is 2. The summed E-state index contributed by atoms with van der Waals surface area (Å²) in [5.74, 6) is -5.24. The van der Waals surface area contributed by atoms with Gasteiger partial charge in [0.15, 0.2) is 23.3 Å². The fraction of sp³-hybridized carbons (Fsp3) is 0.0769. The normalized spacial score (nSPS) is 10.7. The Kier molecular flexibility index (Phi) is 3.91. The van der Waals surface area contributed by atoms with Crippen molar-refractivity contribution in [2.24, 2.45) is 0 Å². The Labute approximate surface area is 106 Å². The number of hydrogen-bond acceptors (Lipinski definition) is 1. The van der Waals surface area contributed by atoms with Crippen LogP contribution in [0.5, 0.6) is 0 Å². The highest BCUT2D eigenvalue weighted by Crippen LogP contribution is 2.30. The molecule has 2 aromatic rings. The molecule has 0 spiro atoms. The molecule has 0 saturated carbocycles. The Morgan fingerprint density at radius 2 is 1.39 bits per heavy atom. The zero-order valence-electron chi connectivity index (χ0n) is 9.09. The minimum Gasteiger partial charge on any atom is -0.204 e. The van der Waals surface area contributed by atoms with Crippen molar-refractivity contribution >= 4 is 11.8 Å². The maximum atomic E-state index is 13.3. The van der Waals surface area contributed by atoms with Crippen molar-refractivity contribution in [3.8, 4) is 0 Å². The van der Waals surface area contributed by atoms with Crippen molar-refractivity contribution in [1.82, 2.24) is 0 Å². The Bertz CT molecular complexity index is 528. The van der Waals surface area contributed by atoms with E-state index in [1.54, 1.807) is 30.3 Å². The first-order chi connectivity index (χ1) is 8.59. The van der Waals surface area contributed by atoms with Crippen LogP contribution < -0.4 is 0 Å². The van der Waals surface area contributed by atoms with Crippen LogP contribution in [0.1, 0.15) is 5.56 Å². The van der Waals surface area contributed by atoms with Crippen molar-refractivity contribution < 1.29 is 17.6 Å². The largest absolute Gasteiger partial charge is 0.204 e. The van der Waals surface area contributed by atoms with Gasteiger partial charge in [-0.1, -0.05) is 30.3 Å². The number of rotatable bonds is 3. The van der Waals surface area contributed by atoms with Gasteiger partial charge in [0.1, 0.15) is 0 Å². The molecule has 0 aliphatic rings. The molecule has 94 valence electrons. The van der Waals surface area contributed by atoms with Gasteiger partial charge in [0, 0.05) is 11.8 Å². The zero-order valence-corrected chi connectivity index (χ0v) is 9.91. The van der Waals surface area contributed by atoms with Crippen molar-refractivity contribution in [2.75, 3.05) is 0 Å². The fourth-order valence-electron chi connectivity index (χ4n) is 1.41. The van der Waals surface area contributed by atoms with Gasteiger partial charge < -0.3 is 0 Å². The van der Waals surface area contributed by atoms with E-state index in [0.29, 0.717) is 0 Å². The highest BCUT2D eigenvalue weighted by molar-refractivity contribution is 7.98. The summed E-state index contributed by atoms with van der Waals surface area (Å²) in [5, 5.41) is 0. The molecule has 2 aromatic carbocycles. The van der Waals surface area contributed by atoms with E-state index in [2.05, 4.69) is 0 Å². The standard InChI is InChI=1S/C13H8F4S/c14-9-6-10(15)12(17)13(11(9)16)18-7-8-4-2-1-3-5-8/h1-6H,7H2. The van der Waals surface area contributed by atoms with Crippen LogP contribution in [-0.2, 0) is 5.75 Å². The summed E-state index contributed by atoms with van der Waals surface area (Å²) in [4.78, 5) is -0.628. The molecule has 0 aliphatic carbocycles. The van der Waals surface area contributed by atoms with E-state index in [-0.39, 0.29) is 11.8 Å². The summed E-state index contributed by atoms with van der Waals surface area (Å²) >= 11 is 0.725. The molecule has 5 heteroatoms. The van der Waals surface area contributed by atoms with Crippen LogP contribution in [0.3, 0.4) is 0 Å². The van der Waals surface area contributed by atoms with Crippen LogP contribution in [0.4, 0.5) is 17.6 Å². The molecule has 0 aromatic heterocycles. The summed E-state index contributed by atoms with van der Waals surface area (Å²) < 4.78 is 52.6. The molecule has 0 atom stereocenters. The van der Waals surface area contributed by atoms with Gasteiger partial charge in [-0.05, 0) is 5.56 Å². The molecule has 0 heterocycles. The van der Waals surface area contributed by atoms with Crippen molar-refractivity contribution in [3.63, 3.8) is 0 Å². The first-order valence-electron chi connectivity index (χ1n) is 5.09. The smallest absolute Gasteiger partial charge is 0.175 e. The maximum Gasteiger partial charge on any atom is 0.175 e. The molecule has 0 fully saturated rings. The second-order valence-corrected chi connectivity index (χ2v) is 4.56. The van der Waals surface area contributed by atoms with Crippen LogP contribution in [0.15, 0.2) is 41.3 Å². The summed E-state index contributed by atoms with van der Waals surface area (Å²) in [6.07, 6.45) is 0. The van der Waals surface area contributed by atoms with Crippen LogP contribution in [0.2, 0.25) is 0 Å². The molecule has 0 nitrogen and oxygen atoms in total. The van der Waals surface area contributed by atoms with Gasteiger partial charge in [-0.3, -0.25) is 0 Å². The van der Waals surface area contributed by atoms with E-state index in [4.69, 9.17) is 0 Å². The Morgan fingerprint density at radius 3 is 1.94 bits per heavy atom. The molecular weight excluding hydrogens is 264 g/mol. The van der Waals surface area contributed by atoms with E-state index < -0.39 is 28.2 Å². The average Bonchev–Trinajstić information content (AvgIpc) is 2.38. The number of thioether (sulfide) groups is 1. The van der Waals surface area contributed by atoms with Gasteiger partial charge in [0.05, 0.1) is 4.90 Å². The van der Waals surface area contributed by atoms with Gasteiger partial charge >= 0.3 is 0 Å². The first-order valence-corrected chi connectivity index (χ1v) is 6.08. The number of halogens is 4. The molecule has 2 rings (SSSR count). The lowest BCUT2D eigenvalue weighted by molar-refractivity contribution is 0.426. The topological polar surface area (TPSA) is 0 Å².